The quantitative estimate of drug-likeness (QED) is 0.0519. The van der Waals surface area contributed by atoms with Crippen molar-refractivity contribution in [1.82, 2.24) is 4.90 Å². The smallest absolute Gasteiger partial charge is 0.158 e. The minimum absolute atomic E-state index is 0.00118. The Kier molecular flexibility index (Phi) is 32.4. The van der Waals surface area contributed by atoms with Gasteiger partial charge in [-0.3, -0.25) is 0 Å². The molecule has 274 valence electrons. The maximum atomic E-state index is 6.49. The lowest BCUT2D eigenvalue weighted by Gasteiger charge is -2.36. The topological polar surface area (TPSA) is 21.7 Å². The molecule has 3 unspecified atom stereocenters. The molecule has 0 spiro atoms. The molecule has 1 heterocycles. The van der Waals surface area contributed by atoms with Crippen molar-refractivity contribution in [2.75, 3.05) is 20.6 Å². The van der Waals surface area contributed by atoms with Crippen molar-refractivity contribution < 1.29 is 9.47 Å². The second-order valence-corrected chi connectivity index (χ2v) is 14.5. The van der Waals surface area contributed by atoms with Gasteiger partial charge in [0.15, 0.2) is 6.29 Å². The third-order valence-electron chi connectivity index (χ3n) is 9.46. The summed E-state index contributed by atoms with van der Waals surface area (Å²) >= 11 is 0. The molecule has 0 aliphatic carbocycles. The van der Waals surface area contributed by atoms with Crippen LogP contribution in [0.3, 0.4) is 0 Å². The second kappa shape index (κ2) is 34.7. The highest BCUT2D eigenvalue weighted by molar-refractivity contribution is 4.93. The molecule has 0 bridgehead atoms. The predicted octanol–water partition coefficient (Wildman–Crippen LogP) is 13.8. The van der Waals surface area contributed by atoms with Crippen LogP contribution >= 0.6 is 0 Å². The Morgan fingerprint density at radius 3 is 1.23 bits per heavy atom. The van der Waals surface area contributed by atoms with Crippen LogP contribution in [-0.2, 0) is 9.47 Å². The van der Waals surface area contributed by atoms with Gasteiger partial charge in [-0.15, -0.1) is 0 Å². The van der Waals surface area contributed by atoms with Gasteiger partial charge in [0.25, 0.3) is 0 Å². The standard InChI is InChI=1S/C44H81NO2/c1-5-7-9-11-13-15-17-19-21-23-25-27-29-31-33-35-38-43-41-42(46-44(47-43)39-36-40-45(3)4)37-34-32-30-28-26-24-22-20-18-16-14-12-10-8-6-2/h13-16,19-22,42-44H,5-12,17-18,23-41H2,1-4H3/b15-13-,16-14-,21-19-,22-20-. The zero-order valence-electron chi connectivity index (χ0n) is 32.1. The summed E-state index contributed by atoms with van der Waals surface area (Å²) in [6, 6.07) is 0. The molecule has 1 fully saturated rings. The third kappa shape index (κ3) is 30.6. The summed E-state index contributed by atoms with van der Waals surface area (Å²) in [5, 5.41) is 0. The van der Waals surface area contributed by atoms with Crippen molar-refractivity contribution in [3.05, 3.63) is 48.6 Å². The lowest BCUT2D eigenvalue weighted by Crippen LogP contribution is -2.38. The second-order valence-electron chi connectivity index (χ2n) is 14.5. The van der Waals surface area contributed by atoms with Gasteiger partial charge in [0, 0.05) is 0 Å². The normalized spacial score (nSPS) is 19.1. The molecule has 1 saturated heterocycles. The van der Waals surface area contributed by atoms with Crippen molar-refractivity contribution in [3.8, 4) is 0 Å². The van der Waals surface area contributed by atoms with E-state index in [0.717, 1.165) is 38.6 Å². The van der Waals surface area contributed by atoms with E-state index in [1.807, 2.05) is 0 Å². The van der Waals surface area contributed by atoms with Gasteiger partial charge in [-0.2, -0.15) is 0 Å². The molecule has 1 aliphatic rings. The van der Waals surface area contributed by atoms with E-state index in [9.17, 15) is 0 Å². The van der Waals surface area contributed by atoms with E-state index in [1.54, 1.807) is 0 Å². The zero-order chi connectivity index (χ0) is 33.9. The minimum atomic E-state index is 0.00118. The molecular formula is C44H81NO2. The first-order chi connectivity index (χ1) is 23.2. The van der Waals surface area contributed by atoms with Crippen LogP contribution in [0.1, 0.15) is 194 Å². The number of nitrogens with zero attached hydrogens (tertiary/aromatic N) is 1. The van der Waals surface area contributed by atoms with Crippen LogP contribution in [-0.4, -0.2) is 44.0 Å². The van der Waals surface area contributed by atoms with Crippen LogP contribution in [0.4, 0.5) is 0 Å². The molecule has 0 saturated carbocycles. The number of ether oxygens (including phenoxy) is 2. The third-order valence-corrected chi connectivity index (χ3v) is 9.46. The Hall–Kier alpha value is -1.16. The summed E-state index contributed by atoms with van der Waals surface area (Å²) in [5.74, 6) is 0. The molecule has 3 nitrogen and oxygen atoms in total. The lowest BCUT2D eigenvalue weighted by atomic mass is 9.98. The zero-order valence-corrected chi connectivity index (χ0v) is 32.1. The molecule has 3 atom stereocenters. The molecule has 0 aromatic rings. The molecule has 0 radical (unpaired) electrons. The van der Waals surface area contributed by atoms with Crippen LogP contribution in [0.15, 0.2) is 48.6 Å². The van der Waals surface area contributed by atoms with E-state index < -0.39 is 0 Å². The Bertz CT molecular complexity index is 754. The molecule has 0 aromatic carbocycles. The van der Waals surface area contributed by atoms with Crippen LogP contribution in [0.2, 0.25) is 0 Å². The van der Waals surface area contributed by atoms with Gasteiger partial charge in [0.05, 0.1) is 12.2 Å². The van der Waals surface area contributed by atoms with E-state index in [2.05, 4.69) is 81.5 Å². The van der Waals surface area contributed by atoms with Crippen molar-refractivity contribution in [3.63, 3.8) is 0 Å². The van der Waals surface area contributed by atoms with E-state index in [4.69, 9.17) is 9.47 Å². The maximum Gasteiger partial charge on any atom is 0.158 e. The molecule has 3 heteroatoms. The molecular weight excluding hydrogens is 574 g/mol. The Labute approximate surface area is 295 Å². The Morgan fingerprint density at radius 1 is 0.447 bits per heavy atom. The highest BCUT2D eigenvalue weighted by Crippen LogP contribution is 2.28. The van der Waals surface area contributed by atoms with Crippen molar-refractivity contribution in [1.29, 1.82) is 0 Å². The molecule has 0 aromatic heterocycles. The Morgan fingerprint density at radius 2 is 0.830 bits per heavy atom. The first kappa shape index (κ1) is 43.9. The van der Waals surface area contributed by atoms with Crippen molar-refractivity contribution >= 4 is 0 Å². The fourth-order valence-electron chi connectivity index (χ4n) is 6.49. The van der Waals surface area contributed by atoms with Gasteiger partial charge in [-0.25, -0.2) is 0 Å². The highest BCUT2D eigenvalue weighted by Gasteiger charge is 2.29. The van der Waals surface area contributed by atoms with E-state index >= 15 is 0 Å². The van der Waals surface area contributed by atoms with Crippen LogP contribution < -0.4 is 0 Å². The van der Waals surface area contributed by atoms with Gasteiger partial charge >= 0.3 is 0 Å². The highest BCUT2D eigenvalue weighted by atomic mass is 16.7. The fourth-order valence-corrected chi connectivity index (χ4v) is 6.49. The summed E-state index contributed by atoms with van der Waals surface area (Å²) in [6.07, 6.45) is 55.3. The summed E-state index contributed by atoms with van der Waals surface area (Å²) in [6.45, 7) is 5.65. The minimum Gasteiger partial charge on any atom is -0.349 e. The van der Waals surface area contributed by atoms with Crippen LogP contribution in [0.25, 0.3) is 0 Å². The van der Waals surface area contributed by atoms with Gasteiger partial charge in [-0.05, 0) is 117 Å². The number of allylic oxidation sites excluding steroid dienone is 8. The predicted molar refractivity (Wildman–Crippen MR) is 209 cm³/mol. The van der Waals surface area contributed by atoms with Gasteiger partial charge < -0.3 is 14.4 Å². The number of rotatable bonds is 33. The average molecular weight is 656 g/mol. The first-order valence-electron chi connectivity index (χ1n) is 20.7. The number of hydrogen-bond acceptors (Lipinski definition) is 3. The number of unbranched alkanes of at least 4 members (excludes halogenated alkanes) is 17. The van der Waals surface area contributed by atoms with Crippen molar-refractivity contribution in [2.24, 2.45) is 0 Å². The maximum absolute atomic E-state index is 6.49. The van der Waals surface area contributed by atoms with Gasteiger partial charge in [0.2, 0.25) is 0 Å². The molecule has 47 heavy (non-hydrogen) atoms. The van der Waals surface area contributed by atoms with E-state index in [-0.39, 0.29) is 6.29 Å². The summed E-state index contributed by atoms with van der Waals surface area (Å²) in [4.78, 5) is 2.27. The molecule has 1 rings (SSSR count). The van der Waals surface area contributed by atoms with Crippen molar-refractivity contribution in [2.45, 2.75) is 212 Å². The SMILES string of the molecule is CCCCC/C=C\C/C=C\CCCCCCCCC1CC(CCCCCCC/C=C\C/C=C\CCCCC)OC(CCCN(C)C)O1. The lowest BCUT2D eigenvalue weighted by molar-refractivity contribution is -0.247. The Balaban J connectivity index is 2.15. The molecule has 0 amide bonds. The summed E-state index contributed by atoms with van der Waals surface area (Å²) in [7, 11) is 4.31. The van der Waals surface area contributed by atoms with Crippen LogP contribution in [0, 0.1) is 0 Å². The molecule has 1 aliphatic heterocycles. The average Bonchev–Trinajstić information content (AvgIpc) is 3.06. The van der Waals surface area contributed by atoms with Crippen LogP contribution in [0.5, 0.6) is 0 Å². The first-order valence-corrected chi connectivity index (χ1v) is 20.7. The fraction of sp³-hybridized carbons (Fsp3) is 0.818. The largest absolute Gasteiger partial charge is 0.349 e. The van der Waals surface area contributed by atoms with Gasteiger partial charge in [-0.1, -0.05) is 146 Å². The monoisotopic (exact) mass is 656 g/mol. The summed E-state index contributed by atoms with van der Waals surface area (Å²) in [5.41, 5.74) is 0. The van der Waals surface area contributed by atoms with Gasteiger partial charge in [0.1, 0.15) is 0 Å². The van der Waals surface area contributed by atoms with E-state index in [0.29, 0.717) is 12.2 Å². The molecule has 0 N–H and O–H groups in total. The summed E-state index contributed by atoms with van der Waals surface area (Å²) < 4.78 is 13.0. The number of hydrogen-bond donors (Lipinski definition) is 0. The van der Waals surface area contributed by atoms with E-state index in [1.165, 1.54) is 148 Å².